The maximum Gasteiger partial charge on any atom is 0.191 e. The first-order valence-corrected chi connectivity index (χ1v) is 10.0. The van der Waals surface area contributed by atoms with Crippen molar-refractivity contribution in [2.45, 2.75) is 19.0 Å². The molecule has 1 aliphatic rings. The summed E-state index contributed by atoms with van der Waals surface area (Å²) in [6.45, 7) is 2.62. The smallest absolute Gasteiger partial charge is 0.191 e. The lowest BCUT2D eigenvalue weighted by Crippen LogP contribution is -2.44. The van der Waals surface area contributed by atoms with Gasteiger partial charge in [-0.3, -0.25) is 4.99 Å². The predicted octanol–water partition coefficient (Wildman–Crippen LogP) is 2.86. The van der Waals surface area contributed by atoms with E-state index in [1.54, 1.807) is 18.1 Å². The number of nitrogens with one attached hydrogen (secondary N) is 2. The molecule has 1 unspecified atom stereocenters. The Balaban J connectivity index is 1.29. The predicted molar refractivity (Wildman–Crippen MR) is 117 cm³/mol. The fraction of sp³-hybridized carbons (Fsp3) is 0.286. The molecule has 0 saturated carbocycles. The van der Waals surface area contributed by atoms with E-state index in [0.29, 0.717) is 12.6 Å². The van der Waals surface area contributed by atoms with Gasteiger partial charge in [0.1, 0.15) is 12.7 Å². The number of rotatable bonds is 5. The van der Waals surface area contributed by atoms with E-state index in [1.807, 2.05) is 30.3 Å². The fourth-order valence-electron chi connectivity index (χ4n) is 3.47. The van der Waals surface area contributed by atoms with Crippen molar-refractivity contribution in [2.75, 3.05) is 25.0 Å². The van der Waals surface area contributed by atoms with Crippen LogP contribution < -0.4 is 15.5 Å². The maximum absolute atomic E-state index is 6.13. The van der Waals surface area contributed by atoms with Crippen LogP contribution in [0.5, 0.6) is 0 Å². The zero-order chi connectivity index (χ0) is 20.1. The second-order valence-corrected chi connectivity index (χ2v) is 7.42. The third kappa shape index (κ3) is 4.86. The Morgan fingerprint density at radius 1 is 1.21 bits per heavy atom. The van der Waals surface area contributed by atoms with Gasteiger partial charge < -0.3 is 15.5 Å². The van der Waals surface area contributed by atoms with Crippen molar-refractivity contribution in [3.05, 3.63) is 71.8 Å². The molecule has 1 saturated heterocycles. The highest BCUT2D eigenvalue weighted by atomic mass is 35.5. The average Bonchev–Trinajstić information content (AvgIpc) is 3.44. The Morgan fingerprint density at radius 2 is 2.07 bits per heavy atom. The molecule has 29 heavy (non-hydrogen) atoms. The van der Waals surface area contributed by atoms with E-state index < -0.39 is 0 Å². The van der Waals surface area contributed by atoms with Crippen molar-refractivity contribution in [1.29, 1.82) is 0 Å². The fourth-order valence-corrected chi connectivity index (χ4v) is 3.65. The van der Waals surface area contributed by atoms with Gasteiger partial charge in [0.25, 0.3) is 0 Å². The van der Waals surface area contributed by atoms with Crippen LogP contribution in [0.2, 0.25) is 5.02 Å². The first-order valence-electron chi connectivity index (χ1n) is 9.63. The van der Waals surface area contributed by atoms with Crippen LogP contribution in [-0.4, -0.2) is 46.9 Å². The quantitative estimate of drug-likeness (QED) is 0.501. The molecule has 150 valence electrons. The molecule has 2 heterocycles. The summed E-state index contributed by atoms with van der Waals surface area (Å²) in [7, 11) is 1.80. The third-order valence-corrected chi connectivity index (χ3v) is 5.24. The lowest BCUT2D eigenvalue weighted by atomic mass is 10.2. The highest BCUT2D eigenvalue weighted by Gasteiger charge is 2.23. The van der Waals surface area contributed by atoms with Crippen LogP contribution in [0.3, 0.4) is 0 Å². The minimum Gasteiger partial charge on any atom is -0.369 e. The molecule has 0 spiro atoms. The number of aliphatic imine (C=N–C) groups is 1. The van der Waals surface area contributed by atoms with Gasteiger partial charge in [0.15, 0.2) is 5.96 Å². The van der Waals surface area contributed by atoms with Gasteiger partial charge in [-0.2, -0.15) is 5.10 Å². The lowest BCUT2D eigenvalue weighted by Gasteiger charge is -2.20. The zero-order valence-corrected chi connectivity index (χ0v) is 17.0. The monoisotopic (exact) mass is 409 g/mol. The Morgan fingerprint density at radius 3 is 2.79 bits per heavy atom. The van der Waals surface area contributed by atoms with Crippen LogP contribution in [0.4, 0.5) is 5.69 Å². The molecule has 2 N–H and O–H groups in total. The number of hydrogen-bond acceptors (Lipinski definition) is 4. The van der Waals surface area contributed by atoms with Gasteiger partial charge in [0.05, 0.1) is 5.69 Å². The van der Waals surface area contributed by atoms with E-state index in [0.717, 1.165) is 41.9 Å². The van der Waals surface area contributed by atoms with Gasteiger partial charge in [0, 0.05) is 43.4 Å². The van der Waals surface area contributed by atoms with E-state index in [1.165, 1.54) is 11.9 Å². The third-order valence-electron chi connectivity index (χ3n) is 5.01. The van der Waals surface area contributed by atoms with Crippen LogP contribution in [0.25, 0.3) is 5.69 Å². The van der Waals surface area contributed by atoms with Crippen LogP contribution in [0.1, 0.15) is 12.0 Å². The summed E-state index contributed by atoms with van der Waals surface area (Å²) < 4.78 is 1.74. The van der Waals surface area contributed by atoms with Crippen molar-refractivity contribution >= 4 is 23.2 Å². The van der Waals surface area contributed by atoms with E-state index in [2.05, 4.69) is 48.8 Å². The highest BCUT2D eigenvalue weighted by Crippen LogP contribution is 2.23. The number of guanidine groups is 1. The van der Waals surface area contributed by atoms with Crippen molar-refractivity contribution in [2.24, 2.45) is 4.99 Å². The maximum atomic E-state index is 6.13. The summed E-state index contributed by atoms with van der Waals surface area (Å²) in [5.74, 6) is 0.809. The number of aromatic nitrogens is 3. The van der Waals surface area contributed by atoms with Gasteiger partial charge in [-0.05, 0) is 42.3 Å². The molecule has 0 radical (unpaired) electrons. The largest absolute Gasteiger partial charge is 0.369 e. The second kappa shape index (κ2) is 8.96. The van der Waals surface area contributed by atoms with Crippen molar-refractivity contribution < 1.29 is 0 Å². The number of hydrogen-bond donors (Lipinski definition) is 2. The van der Waals surface area contributed by atoms with Gasteiger partial charge in [-0.1, -0.05) is 29.8 Å². The van der Waals surface area contributed by atoms with E-state index in [4.69, 9.17) is 11.6 Å². The standard InChI is InChI=1S/C21H24ClN7/c1-23-21(25-12-16-5-7-19(8-6-16)29-15-24-14-26-29)27-18-9-10-28(13-18)20-4-2-3-17(22)11-20/h2-8,11,14-15,18H,9-10,12-13H2,1H3,(H2,23,25,27). The van der Waals surface area contributed by atoms with Gasteiger partial charge in [-0.25, -0.2) is 9.67 Å². The molecule has 1 aromatic heterocycles. The van der Waals surface area contributed by atoms with Crippen molar-refractivity contribution in [1.82, 2.24) is 25.4 Å². The van der Waals surface area contributed by atoms with Crippen molar-refractivity contribution in [3.8, 4) is 5.69 Å². The second-order valence-electron chi connectivity index (χ2n) is 6.99. The van der Waals surface area contributed by atoms with Crippen LogP contribution in [0, 0.1) is 0 Å². The molecule has 3 aromatic rings. The molecule has 1 fully saturated rings. The van der Waals surface area contributed by atoms with Crippen LogP contribution >= 0.6 is 11.6 Å². The minimum atomic E-state index is 0.342. The molecule has 1 aliphatic heterocycles. The summed E-state index contributed by atoms with van der Waals surface area (Å²) >= 11 is 6.13. The number of benzene rings is 2. The Bertz CT molecular complexity index is 953. The van der Waals surface area contributed by atoms with E-state index in [9.17, 15) is 0 Å². The summed E-state index contributed by atoms with van der Waals surface area (Å²) in [6, 6.07) is 16.6. The highest BCUT2D eigenvalue weighted by molar-refractivity contribution is 6.30. The van der Waals surface area contributed by atoms with E-state index in [-0.39, 0.29) is 0 Å². The topological polar surface area (TPSA) is 70.4 Å². The molecular formula is C21H24ClN7. The van der Waals surface area contributed by atoms with Crippen LogP contribution in [-0.2, 0) is 6.54 Å². The Hall–Kier alpha value is -3.06. The molecule has 4 rings (SSSR count). The Labute approximate surface area is 175 Å². The zero-order valence-electron chi connectivity index (χ0n) is 16.3. The summed E-state index contributed by atoms with van der Waals surface area (Å²) in [5, 5.41) is 11.8. The normalized spacial score (nSPS) is 16.8. The average molecular weight is 410 g/mol. The van der Waals surface area contributed by atoms with Gasteiger partial charge in [-0.15, -0.1) is 0 Å². The van der Waals surface area contributed by atoms with Gasteiger partial charge >= 0.3 is 0 Å². The molecular weight excluding hydrogens is 386 g/mol. The molecule has 8 heteroatoms. The van der Waals surface area contributed by atoms with E-state index >= 15 is 0 Å². The summed E-state index contributed by atoms with van der Waals surface area (Å²) in [5.41, 5.74) is 3.32. The SMILES string of the molecule is CN=C(NCc1ccc(-n2cncn2)cc1)NC1CCN(c2cccc(Cl)c2)C1. The molecule has 1 atom stereocenters. The number of anilines is 1. The summed E-state index contributed by atoms with van der Waals surface area (Å²) in [6.07, 6.45) is 4.27. The number of halogens is 1. The molecule has 0 aliphatic carbocycles. The lowest BCUT2D eigenvalue weighted by molar-refractivity contribution is 0.648. The molecule has 0 amide bonds. The number of nitrogens with zero attached hydrogens (tertiary/aromatic N) is 5. The van der Waals surface area contributed by atoms with Crippen LogP contribution in [0.15, 0.2) is 66.2 Å². The summed E-state index contributed by atoms with van der Waals surface area (Å²) in [4.78, 5) is 10.7. The molecule has 2 aromatic carbocycles. The molecule has 7 nitrogen and oxygen atoms in total. The molecule has 0 bridgehead atoms. The minimum absolute atomic E-state index is 0.342. The first kappa shape index (κ1) is 19.3. The van der Waals surface area contributed by atoms with Gasteiger partial charge in [0.2, 0.25) is 0 Å². The Kier molecular flexibility index (Phi) is 5.95. The van der Waals surface area contributed by atoms with Crippen molar-refractivity contribution in [3.63, 3.8) is 0 Å². The first-order chi connectivity index (χ1) is 14.2.